The van der Waals surface area contributed by atoms with Gasteiger partial charge in [0.05, 0.1) is 12.8 Å². The molecule has 0 aliphatic carbocycles. The molecule has 0 aliphatic rings. The summed E-state index contributed by atoms with van der Waals surface area (Å²) in [6.07, 6.45) is -0.746. The first-order valence-electron chi connectivity index (χ1n) is 9.29. The zero-order chi connectivity index (χ0) is 24.7. The minimum atomic E-state index is -1.13. The molecule has 8 N–H and O–H groups in total. The Morgan fingerprint density at radius 3 is 1.67 bits per heavy atom. The van der Waals surface area contributed by atoms with E-state index in [1.165, 1.54) is 0 Å². The summed E-state index contributed by atoms with van der Waals surface area (Å²) < 4.78 is 4.91. The first-order chi connectivity index (χ1) is 15.5. The Kier molecular flexibility index (Phi) is 7.87. The highest BCUT2D eigenvalue weighted by atomic mass is 16.5. The number of carbonyl (C=O) groups excluding carboxylic acids is 3. The van der Waals surface area contributed by atoms with Gasteiger partial charge in [-0.05, 0) is 24.3 Å². The van der Waals surface area contributed by atoms with E-state index in [9.17, 15) is 44.7 Å². The minimum Gasteiger partial charge on any atom is -0.504 e. The molecule has 0 saturated carbocycles. The molecule has 0 aromatic heterocycles. The Bertz CT molecular complexity index is 1070. The van der Waals surface area contributed by atoms with Crippen molar-refractivity contribution in [2.45, 2.75) is 12.8 Å². The molecule has 0 fully saturated rings. The fourth-order valence-corrected chi connectivity index (χ4v) is 2.48. The molecular weight excluding hydrogens is 444 g/mol. The molecule has 2 aromatic carbocycles. The van der Waals surface area contributed by atoms with E-state index in [2.05, 4.69) is 10.6 Å². The largest absolute Gasteiger partial charge is 0.504 e. The lowest BCUT2D eigenvalue weighted by molar-refractivity contribution is -0.137. The maximum atomic E-state index is 12.0. The minimum absolute atomic E-state index is 0.193. The number of amides is 2. The van der Waals surface area contributed by atoms with Gasteiger partial charge in [0.25, 0.3) is 11.8 Å². The molecule has 176 valence electrons. The first-order valence-corrected chi connectivity index (χ1v) is 9.29. The van der Waals surface area contributed by atoms with Gasteiger partial charge < -0.3 is 46.0 Å². The van der Waals surface area contributed by atoms with Gasteiger partial charge in [0, 0.05) is 24.2 Å². The second kappa shape index (κ2) is 10.6. The average molecular weight is 464 g/mol. The van der Waals surface area contributed by atoms with E-state index in [1.54, 1.807) is 0 Å². The zero-order valence-corrected chi connectivity index (χ0v) is 16.9. The van der Waals surface area contributed by atoms with Gasteiger partial charge in [-0.25, -0.2) is 0 Å². The smallest absolute Gasteiger partial charge is 0.313 e. The number of benzene rings is 2. The maximum Gasteiger partial charge on any atom is 0.313 e. The van der Waals surface area contributed by atoms with Gasteiger partial charge in [-0.1, -0.05) is 0 Å². The normalized spacial score (nSPS) is 10.3. The lowest BCUT2D eigenvalue weighted by Gasteiger charge is -2.11. The third-order valence-electron chi connectivity index (χ3n) is 4.11. The number of ether oxygens (including phenoxy) is 1. The molecule has 2 aromatic rings. The van der Waals surface area contributed by atoms with Crippen LogP contribution < -0.4 is 15.4 Å². The maximum absolute atomic E-state index is 12.0. The van der Waals surface area contributed by atoms with E-state index in [1.807, 2.05) is 0 Å². The second-order valence-electron chi connectivity index (χ2n) is 6.58. The highest BCUT2D eigenvalue weighted by Gasteiger charge is 2.18. The summed E-state index contributed by atoms with van der Waals surface area (Å²) in [5.74, 6) is -8.00. The summed E-state index contributed by atoms with van der Waals surface area (Å²) in [7, 11) is 0. The predicted molar refractivity (Wildman–Crippen MR) is 108 cm³/mol. The third-order valence-corrected chi connectivity index (χ3v) is 4.11. The van der Waals surface area contributed by atoms with Crippen LogP contribution >= 0.6 is 0 Å². The molecule has 13 nitrogen and oxygen atoms in total. The highest BCUT2D eigenvalue weighted by molar-refractivity contribution is 5.96. The van der Waals surface area contributed by atoms with E-state index in [0.717, 1.165) is 24.3 Å². The van der Waals surface area contributed by atoms with Crippen LogP contribution in [0.4, 0.5) is 0 Å². The van der Waals surface area contributed by atoms with E-state index < -0.39 is 64.7 Å². The van der Waals surface area contributed by atoms with Crippen LogP contribution in [0, 0.1) is 0 Å². The van der Waals surface area contributed by atoms with Crippen LogP contribution in [0.25, 0.3) is 0 Å². The van der Waals surface area contributed by atoms with Crippen molar-refractivity contribution in [2.24, 2.45) is 0 Å². The molecule has 0 aliphatic heterocycles. The molecule has 0 bridgehead atoms. The molecule has 13 heteroatoms. The topological polar surface area (TPSA) is 223 Å². The van der Waals surface area contributed by atoms with Gasteiger partial charge in [0.1, 0.15) is 0 Å². The second-order valence-corrected chi connectivity index (χ2v) is 6.58. The predicted octanol–water partition coefficient (Wildman–Crippen LogP) is 0.145. The van der Waals surface area contributed by atoms with Gasteiger partial charge in [-0.3, -0.25) is 19.2 Å². The fraction of sp³-hybridized carbons (Fsp3) is 0.200. The lowest BCUT2D eigenvalue weighted by atomic mass is 10.1. The average Bonchev–Trinajstić information content (AvgIpc) is 2.74. The Morgan fingerprint density at radius 1 is 0.697 bits per heavy atom. The Hall–Kier alpha value is -4.68. The molecule has 2 amide bonds. The van der Waals surface area contributed by atoms with Crippen molar-refractivity contribution >= 4 is 23.8 Å². The van der Waals surface area contributed by atoms with E-state index in [4.69, 9.17) is 9.84 Å². The number of carboxylic acids is 1. The number of nitrogens with one attached hydrogen (secondary N) is 2. The zero-order valence-electron chi connectivity index (χ0n) is 16.9. The molecule has 0 saturated heterocycles. The summed E-state index contributed by atoms with van der Waals surface area (Å²) in [5, 5.41) is 60.9. The SMILES string of the molecule is O=C(O)CCNC(=O)c1cc(O)c(O)c(OC(=O)CCNC(=O)c2cc(O)c(O)c(O)c2)c1. The molecule has 0 atom stereocenters. The number of esters is 1. The summed E-state index contributed by atoms with van der Waals surface area (Å²) in [5.41, 5.74) is -0.404. The number of rotatable bonds is 9. The van der Waals surface area contributed by atoms with E-state index in [-0.39, 0.29) is 30.6 Å². The van der Waals surface area contributed by atoms with Gasteiger partial charge in [0.15, 0.2) is 28.7 Å². The molecule has 0 heterocycles. The van der Waals surface area contributed by atoms with Crippen LogP contribution in [0.5, 0.6) is 34.5 Å². The molecule has 33 heavy (non-hydrogen) atoms. The van der Waals surface area contributed by atoms with Gasteiger partial charge in [-0.2, -0.15) is 0 Å². The summed E-state index contributed by atoms with van der Waals surface area (Å²) >= 11 is 0. The van der Waals surface area contributed by atoms with Gasteiger partial charge in [0.2, 0.25) is 5.75 Å². The van der Waals surface area contributed by atoms with Crippen LogP contribution in [0.1, 0.15) is 33.6 Å². The summed E-state index contributed by atoms with van der Waals surface area (Å²) in [6, 6.07) is 3.65. The van der Waals surface area contributed by atoms with Crippen molar-refractivity contribution in [1.29, 1.82) is 0 Å². The number of hydrogen-bond acceptors (Lipinski definition) is 10. The van der Waals surface area contributed by atoms with Crippen LogP contribution in [0.2, 0.25) is 0 Å². The van der Waals surface area contributed by atoms with E-state index >= 15 is 0 Å². The number of phenolic OH excluding ortho intramolecular Hbond substituents is 5. The number of carbonyl (C=O) groups is 4. The monoisotopic (exact) mass is 464 g/mol. The van der Waals surface area contributed by atoms with Crippen molar-refractivity contribution in [3.8, 4) is 34.5 Å². The highest BCUT2D eigenvalue weighted by Crippen LogP contribution is 2.37. The van der Waals surface area contributed by atoms with Crippen molar-refractivity contribution in [3.63, 3.8) is 0 Å². The third kappa shape index (κ3) is 6.65. The number of aromatic hydroxyl groups is 5. The first kappa shape index (κ1) is 24.6. The standard InChI is InChI=1S/C20H20N2O11/c23-11-5-9(6-12(24)17(11)29)19(31)22-4-2-16(28)33-14-8-10(7-13(25)18(14)30)20(32)21-3-1-15(26)27/h5-8,23-25,29-30H,1-4H2,(H,21,32)(H,22,31)(H,26,27). The van der Waals surface area contributed by atoms with Crippen LogP contribution in [0.15, 0.2) is 24.3 Å². The van der Waals surface area contributed by atoms with Gasteiger partial charge in [-0.15, -0.1) is 0 Å². The van der Waals surface area contributed by atoms with Crippen LogP contribution in [0.3, 0.4) is 0 Å². The Morgan fingerprint density at radius 2 is 1.15 bits per heavy atom. The van der Waals surface area contributed by atoms with Crippen molar-refractivity contribution in [1.82, 2.24) is 10.6 Å². The Balaban J connectivity index is 1.96. The molecule has 0 unspecified atom stereocenters. The van der Waals surface area contributed by atoms with E-state index in [0.29, 0.717) is 0 Å². The fourth-order valence-electron chi connectivity index (χ4n) is 2.48. The number of phenols is 5. The summed E-state index contributed by atoms with van der Waals surface area (Å²) in [6.45, 7) is -0.455. The quantitative estimate of drug-likeness (QED) is 0.142. The summed E-state index contributed by atoms with van der Waals surface area (Å²) in [4.78, 5) is 46.6. The molecule has 2 rings (SSSR count). The molecule has 0 radical (unpaired) electrons. The van der Waals surface area contributed by atoms with Crippen molar-refractivity contribution in [3.05, 3.63) is 35.4 Å². The number of carboxylic acid groups (broad SMARTS) is 1. The Labute approximate surface area is 185 Å². The molecular formula is C20H20N2O11. The van der Waals surface area contributed by atoms with Crippen molar-refractivity contribution < 1.29 is 54.6 Å². The van der Waals surface area contributed by atoms with Crippen LogP contribution in [-0.2, 0) is 9.59 Å². The lowest BCUT2D eigenvalue weighted by Crippen LogP contribution is -2.27. The van der Waals surface area contributed by atoms with Crippen LogP contribution in [-0.4, -0.2) is 67.5 Å². The van der Waals surface area contributed by atoms with Crippen molar-refractivity contribution in [2.75, 3.05) is 13.1 Å². The molecule has 0 spiro atoms. The number of aliphatic carboxylic acids is 1. The number of hydrogen-bond donors (Lipinski definition) is 8. The van der Waals surface area contributed by atoms with Gasteiger partial charge >= 0.3 is 11.9 Å².